The summed E-state index contributed by atoms with van der Waals surface area (Å²) in [5, 5.41) is 5.14. The van der Waals surface area contributed by atoms with Crippen molar-refractivity contribution in [2.75, 3.05) is 0 Å². The number of aromatic nitrogens is 4. The molecule has 0 spiro atoms. The van der Waals surface area contributed by atoms with Crippen LogP contribution in [0.4, 0.5) is 0 Å². The number of nitrogens with zero attached hydrogens (tertiary/aromatic N) is 1. The molecule has 0 unspecified atom stereocenters. The molecule has 1 aromatic carbocycles. The highest BCUT2D eigenvalue weighted by Crippen LogP contribution is 2.13. The summed E-state index contributed by atoms with van der Waals surface area (Å²) in [5.74, 6) is 0. The van der Waals surface area contributed by atoms with Crippen LogP contribution >= 0.6 is 24.4 Å². The lowest BCUT2D eigenvalue weighted by Crippen LogP contribution is -2.09. The fourth-order valence-corrected chi connectivity index (χ4v) is 2.54. The number of hydrogen-bond acceptors (Lipinski definition) is 3. The van der Waals surface area contributed by atoms with Gasteiger partial charge in [-0.15, -0.1) is 0 Å². The molecule has 2 heterocycles. The second-order valence-electron chi connectivity index (χ2n) is 4.13. The normalized spacial score (nSPS) is 10.9. The first kappa shape index (κ1) is 12.1. The third kappa shape index (κ3) is 2.06. The minimum atomic E-state index is -0.262. The number of hydrogen-bond donors (Lipinski definition) is 3. The molecule has 2 aromatic heterocycles. The Bertz CT molecular complexity index is 901. The van der Waals surface area contributed by atoms with Crippen LogP contribution in [0.5, 0.6) is 0 Å². The van der Waals surface area contributed by atoms with Crippen molar-refractivity contribution < 1.29 is 0 Å². The molecular formula is C12H10N4OS2. The monoisotopic (exact) mass is 290 g/mol. The smallest absolute Gasteiger partial charge is 0.288 e. The highest BCUT2D eigenvalue weighted by atomic mass is 32.1. The van der Waals surface area contributed by atoms with Crippen molar-refractivity contribution in [3.63, 3.8) is 0 Å². The summed E-state index contributed by atoms with van der Waals surface area (Å²) in [6.45, 7) is 0.570. The topological polar surface area (TPSA) is 69.4 Å². The Morgan fingerprint density at radius 2 is 1.84 bits per heavy atom. The summed E-state index contributed by atoms with van der Waals surface area (Å²) in [6.07, 6.45) is 0. The number of aromatic amines is 3. The van der Waals surface area contributed by atoms with Crippen LogP contribution < -0.4 is 5.56 Å². The quantitative estimate of drug-likeness (QED) is 0.635. The van der Waals surface area contributed by atoms with Crippen molar-refractivity contribution in [3.8, 4) is 0 Å². The molecule has 0 amide bonds. The third-order valence-corrected chi connectivity index (χ3v) is 3.52. The zero-order valence-corrected chi connectivity index (χ0v) is 11.4. The number of rotatable bonds is 2. The maximum atomic E-state index is 11.7. The van der Waals surface area contributed by atoms with E-state index in [4.69, 9.17) is 24.4 Å². The first-order valence-corrected chi connectivity index (χ1v) is 6.46. The number of benzene rings is 1. The van der Waals surface area contributed by atoms with Gasteiger partial charge in [-0.25, -0.2) is 0 Å². The standard InChI is InChI=1S/C12H10N4OS2/c17-10-8-9(11(18)15-14-10)16(12(19)13-8)6-7-4-2-1-3-5-7/h1-5H,6H2,(H,13,19)(H,14,17)(H,15,18). The molecule has 0 radical (unpaired) electrons. The number of fused-ring (bicyclic) bond motifs is 1. The van der Waals surface area contributed by atoms with E-state index in [1.54, 1.807) is 0 Å². The van der Waals surface area contributed by atoms with Gasteiger partial charge < -0.3 is 9.55 Å². The maximum absolute atomic E-state index is 11.7. The van der Waals surface area contributed by atoms with E-state index >= 15 is 0 Å². The second-order valence-corrected chi connectivity index (χ2v) is 4.93. The van der Waals surface area contributed by atoms with Crippen molar-refractivity contribution in [2.45, 2.75) is 6.54 Å². The van der Waals surface area contributed by atoms with E-state index in [2.05, 4.69) is 15.2 Å². The zero-order chi connectivity index (χ0) is 13.4. The van der Waals surface area contributed by atoms with Gasteiger partial charge in [-0.3, -0.25) is 15.0 Å². The number of nitrogens with one attached hydrogen (secondary N) is 3. The molecule has 0 fully saturated rings. The predicted molar refractivity (Wildman–Crippen MR) is 78.5 cm³/mol. The maximum Gasteiger partial charge on any atom is 0.288 e. The Morgan fingerprint density at radius 1 is 1.11 bits per heavy atom. The first-order chi connectivity index (χ1) is 9.16. The van der Waals surface area contributed by atoms with Crippen LogP contribution in [0.1, 0.15) is 5.56 Å². The van der Waals surface area contributed by atoms with Gasteiger partial charge in [0, 0.05) is 0 Å². The van der Waals surface area contributed by atoms with Crippen molar-refractivity contribution in [3.05, 3.63) is 55.7 Å². The Labute approximate surface area is 117 Å². The van der Waals surface area contributed by atoms with Gasteiger partial charge in [0.05, 0.1) is 6.54 Å². The highest BCUT2D eigenvalue weighted by molar-refractivity contribution is 7.71. The minimum absolute atomic E-state index is 0.262. The molecule has 0 bridgehead atoms. The van der Waals surface area contributed by atoms with Gasteiger partial charge in [0.2, 0.25) is 0 Å². The molecular weight excluding hydrogens is 280 g/mol. The summed E-state index contributed by atoms with van der Waals surface area (Å²) in [7, 11) is 0. The first-order valence-electron chi connectivity index (χ1n) is 5.64. The molecule has 0 atom stereocenters. The van der Waals surface area contributed by atoms with Gasteiger partial charge in [-0.05, 0) is 17.8 Å². The SMILES string of the molecule is O=c1[nH][nH]c(=S)c2c1[nH]c(=S)n2Cc1ccccc1. The molecule has 5 nitrogen and oxygen atoms in total. The van der Waals surface area contributed by atoms with E-state index in [-0.39, 0.29) is 5.56 Å². The summed E-state index contributed by atoms with van der Waals surface area (Å²) in [4.78, 5) is 14.6. The summed E-state index contributed by atoms with van der Waals surface area (Å²) < 4.78 is 2.77. The van der Waals surface area contributed by atoms with E-state index in [9.17, 15) is 4.79 Å². The van der Waals surface area contributed by atoms with Gasteiger partial charge in [0.1, 0.15) is 15.7 Å². The molecule has 3 aromatic rings. The van der Waals surface area contributed by atoms with Crippen LogP contribution in [0.2, 0.25) is 0 Å². The van der Waals surface area contributed by atoms with Crippen LogP contribution in [-0.2, 0) is 6.54 Å². The molecule has 0 saturated carbocycles. The van der Waals surface area contributed by atoms with E-state index in [1.807, 2.05) is 34.9 Å². The third-order valence-electron chi connectivity index (χ3n) is 2.90. The van der Waals surface area contributed by atoms with Crippen molar-refractivity contribution in [1.29, 1.82) is 0 Å². The van der Waals surface area contributed by atoms with Crippen molar-refractivity contribution in [1.82, 2.24) is 19.7 Å². The lowest BCUT2D eigenvalue weighted by Gasteiger charge is -2.04. The van der Waals surface area contributed by atoms with Crippen molar-refractivity contribution in [2.24, 2.45) is 0 Å². The molecule has 0 aliphatic heterocycles. The molecule has 3 rings (SSSR count). The fourth-order valence-electron chi connectivity index (χ4n) is 2.02. The molecule has 19 heavy (non-hydrogen) atoms. The summed E-state index contributed by atoms with van der Waals surface area (Å²) >= 11 is 10.5. The second kappa shape index (κ2) is 4.60. The van der Waals surface area contributed by atoms with Gasteiger partial charge in [-0.2, -0.15) is 0 Å². The number of H-pyrrole nitrogens is 3. The van der Waals surface area contributed by atoms with E-state index in [1.165, 1.54) is 0 Å². The summed E-state index contributed by atoms with van der Waals surface area (Å²) in [6, 6.07) is 9.87. The van der Waals surface area contributed by atoms with Gasteiger partial charge in [0.15, 0.2) is 4.77 Å². The van der Waals surface area contributed by atoms with Crippen LogP contribution in [0.3, 0.4) is 0 Å². The van der Waals surface area contributed by atoms with Gasteiger partial charge in [0.25, 0.3) is 5.56 Å². The Kier molecular flexibility index (Phi) is 2.92. The predicted octanol–water partition coefficient (Wildman–Crippen LogP) is 2.49. The minimum Gasteiger partial charge on any atom is -0.326 e. The Balaban J connectivity index is 2.28. The van der Waals surface area contributed by atoms with Crippen LogP contribution in [0.15, 0.2) is 35.1 Å². The molecule has 0 aliphatic rings. The molecule has 0 aliphatic carbocycles. The van der Waals surface area contributed by atoms with Crippen molar-refractivity contribution >= 4 is 35.5 Å². The van der Waals surface area contributed by atoms with Crippen LogP contribution in [0, 0.1) is 9.41 Å². The lowest BCUT2D eigenvalue weighted by molar-refractivity contribution is 0.806. The van der Waals surface area contributed by atoms with E-state index in [0.717, 1.165) is 5.56 Å². The molecule has 3 N–H and O–H groups in total. The zero-order valence-electron chi connectivity index (χ0n) is 9.77. The highest BCUT2D eigenvalue weighted by Gasteiger charge is 2.09. The molecule has 0 saturated heterocycles. The van der Waals surface area contributed by atoms with Gasteiger partial charge >= 0.3 is 0 Å². The molecule has 7 heteroatoms. The lowest BCUT2D eigenvalue weighted by atomic mass is 10.2. The average Bonchev–Trinajstić information content (AvgIpc) is 2.74. The fraction of sp³-hybridized carbons (Fsp3) is 0.0833. The Hall–Kier alpha value is -1.99. The average molecular weight is 290 g/mol. The summed E-state index contributed by atoms with van der Waals surface area (Å²) in [5.41, 5.74) is 1.87. The van der Waals surface area contributed by atoms with Crippen LogP contribution in [0.25, 0.3) is 11.0 Å². The molecule has 96 valence electrons. The Morgan fingerprint density at radius 3 is 2.58 bits per heavy atom. The van der Waals surface area contributed by atoms with Gasteiger partial charge in [-0.1, -0.05) is 42.5 Å². The van der Waals surface area contributed by atoms with E-state index in [0.29, 0.717) is 27.0 Å². The van der Waals surface area contributed by atoms with Crippen LogP contribution in [-0.4, -0.2) is 19.7 Å². The number of imidazole rings is 1. The largest absolute Gasteiger partial charge is 0.326 e. The van der Waals surface area contributed by atoms with E-state index < -0.39 is 0 Å².